The number of amides is 1. The number of hydrogen-bond donors (Lipinski definition) is 0. The predicted octanol–water partition coefficient (Wildman–Crippen LogP) is 4.44. The number of non-ortho nitro benzene ring substituents is 1. The van der Waals surface area contributed by atoms with Crippen molar-refractivity contribution in [2.24, 2.45) is 0 Å². The molecule has 2 aromatic carbocycles. The number of piperidine rings is 1. The second-order valence-corrected chi connectivity index (χ2v) is 6.83. The van der Waals surface area contributed by atoms with Crippen LogP contribution in [-0.4, -0.2) is 34.9 Å². The highest BCUT2D eigenvalue weighted by Gasteiger charge is 2.30. The van der Waals surface area contributed by atoms with Crippen molar-refractivity contribution in [2.75, 3.05) is 13.1 Å². The summed E-state index contributed by atoms with van der Waals surface area (Å²) in [6.07, 6.45) is -3.30. The number of nitrogens with zero attached hydrogens (tertiary/aromatic N) is 2. The van der Waals surface area contributed by atoms with Crippen LogP contribution in [0.2, 0.25) is 0 Å². The number of ether oxygens (including phenoxy) is 1. The maximum Gasteiger partial charge on any atom is 0.416 e. The molecule has 1 aliphatic rings. The van der Waals surface area contributed by atoms with Gasteiger partial charge in [-0.1, -0.05) is 12.1 Å². The molecule has 6 nitrogen and oxygen atoms in total. The lowest BCUT2D eigenvalue weighted by molar-refractivity contribution is -0.384. The Morgan fingerprint density at radius 1 is 1.21 bits per heavy atom. The Hall–Kier alpha value is -2.94. The average molecular weight is 408 g/mol. The lowest BCUT2D eigenvalue weighted by atomic mass is 10.1. The van der Waals surface area contributed by atoms with Crippen LogP contribution < -0.4 is 0 Å². The molecule has 2 aromatic rings. The molecule has 1 atom stereocenters. The summed E-state index contributed by atoms with van der Waals surface area (Å²) < 4.78 is 44.2. The van der Waals surface area contributed by atoms with E-state index in [4.69, 9.17) is 4.74 Å². The van der Waals surface area contributed by atoms with E-state index in [0.717, 1.165) is 12.1 Å². The minimum Gasteiger partial charge on any atom is -0.372 e. The zero-order valence-electron chi connectivity index (χ0n) is 15.4. The Bertz CT molecular complexity index is 884. The fourth-order valence-electron chi connectivity index (χ4n) is 3.22. The van der Waals surface area contributed by atoms with Gasteiger partial charge < -0.3 is 9.64 Å². The fraction of sp³-hybridized carbons (Fsp3) is 0.350. The second-order valence-electron chi connectivity index (χ2n) is 6.83. The van der Waals surface area contributed by atoms with Crippen LogP contribution in [-0.2, 0) is 17.5 Å². The van der Waals surface area contributed by atoms with E-state index < -0.39 is 16.7 Å². The number of benzene rings is 2. The molecule has 9 heteroatoms. The molecule has 0 radical (unpaired) electrons. The van der Waals surface area contributed by atoms with Crippen LogP contribution in [0.1, 0.15) is 34.3 Å². The average Bonchev–Trinajstić information content (AvgIpc) is 2.71. The van der Waals surface area contributed by atoms with Crippen LogP contribution in [0.5, 0.6) is 0 Å². The van der Waals surface area contributed by atoms with E-state index in [1.165, 1.54) is 30.3 Å². The quantitative estimate of drug-likeness (QED) is 0.542. The summed E-state index contributed by atoms with van der Waals surface area (Å²) in [5.74, 6) is -0.257. The number of rotatable bonds is 5. The van der Waals surface area contributed by atoms with Gasteiger partial charge in [-0.3, -0.25) is 14.9 Å². The molecule has 0 bridgehead atoms. The van der Waals surface area contributed by atoms with E-state index in [-0.39, 0.29) is 24.3 Å². The third kappa shape index (κ3) is 5.32. The summed E-state index contributed by atoms with van der Waals surface area (Å²) in [5, 5.41) is 10.7. The fourth-order valence-corrected chi connectivity index (χ4v) is 3.22. The first-order chi connectivity index (χ1) is 13.7. The third-order valence-electron chi connectivity index (χ3n) is 4.73. The minimum absolute atomic E-state index is 0.0220. The number of nitro groups is 1. The van der Waals surface area contributed by atoms with Gasteiger partial charge >= 0.3 is 6.18 Å². The Morgan fingerprint density at radius 3 is 2.59 bits per heavy atom. The highest BCUT2D eigenvalue weighted by molar-refractivity contribution is 5.94. The monoisotopic (exact) mass is 408 g/mol. The molecule has 0 saturated carbocycles. The molecule has 1 unspecified atom stereocenters. The van der Waals surface area contributed by atoms with Crippen molar-refractivity contribution >= 4 is 11.6 Å². The number of carbonyl (C=O) groups excluding carboxylic acids is 1. The van der Waals surface area contributed by atoms with Crippen molar-refractivity contribution in [2.45, 2.75) is 31.7 Å². The lowest BCUT2D eigenvalue weighted by Crippen LogP contribution is -2.43. The van der Waals surface area contributed by atoms with Gasteiger partial charge in [-0.2, -0.15) is 13.2 Å². The smallest absolute Gasteiger partial charge is 0.372 e. The summed E-state index contributed by atoms with van der Waals surface area (Å²) in [6, 6.07) is 10.3. The Kier molecular flexibility index (Phi) is 6.17. The second kappa shape index (κ2) is 8.60. The molecule has 1 heterocycles. The van der Waals surface area contributed by atoms with Gasteiger partial charge in [0.05, 0.1) is 23.2 Å². The molecule has 1 fully saturated rings. The van der Waals surface area contributed by atoms with Crippen LogP contribution in [0.15, 0.2) is 48.5 Å². The van der Waals surface area contributed by atoms with Crippen molar-refractivity contribution in [3.05, 3.63) is 75.3 Å². The molecular formula is C20H19F3N2O4. The van der Waals surface area contributed by atoms with Gasteiger partial charge in [-0.15, -0.1) is 0 Å². The first-order valence-corrected chi connectivity index (χ1v) is 9.05. The normalized spacial score (nSPS) is 17.2. The zero-order valence-corrected chi connectivity index (χ0v) is 15.4. The summed E-state index contributed by atoms with van der Waals surface area (Å²) in [6.45, 7) is 0.863. The van der Waals surface area contributed by atoms with Crippen molar-refractivity contribution in [1.82, 2.24) is 4.90 Å². The van der Waals surface area contributed by atoms with E-state index in [2.05, 4.69) is 0 Å². The Labute approximate surface area is 165 Å². The highest BCUT2D eigenvalue weighted by atomic mass is 19.4. The lowest BCUT2D eigenvalue weighted by Gasteiger charge is -2.32. The van der Waals surface area contributed by atoms with Gasteiger partial charge in [-0.25, -0.2) is 0 Å². The topological polar surface area (TPSA) is 72.7 Å². The third-order valence-corrected chi connectivity index (χ3v) is 4.73. The van der Waals surface area contributed by atoms with Crippen molar-refractivity contribution in [3.63, 3.8) is 0 Å². The largest absolute Gasteiger partial charge is 0.416 e. The Balaban J connectivity index is 1.59. The highest BCUT2D eigenvalue weighted by Crippen LogP contribution is 2.30. The van der Waals surface area contributed by atoms with Gasteiger partial charge in [0, 0.05) is 30.8 Å². The van der Waals surface area contributed by atoms with Gasteiger partial charge in [-0.05, 0) is 42.7 Å². The first kappa shape index (κ1) is 20.8. The molecule has 1 aliphatic heterocycles. The van der Waals surface area contributed by atoms with E-state index in [1.54, 1.807) is 11.0 Å². The van der Waals surface area contributed by atoms with E-state index in [0.29, 0.717) is 37.1 Å². The molecule has 3 rings (SSSR count). The number of likely N-dealkylation sites (tertiary alicyclic amines) is 1. The van der Waals surface area contributed by atoms with Crippen LogP contribution in [0.4, 0.5) is 18.9 Å². The van der Waals surface area contributed by atoms with Crippen molar-refractivity contribution < 1.29 is 27.6 Å². The van der Waals surface area contributed by atoms with Crippen LogP contribution in [0.25, 0.3) is 0 Å². The minimum atomic E-state index is -4.41. The summed E-state index contributed by atoms with van der Waals surface area (Å²) >= 11 is 0. The Morgan fingerprint density at radius 2 is 1.93 bits per heavy atom. The summed E-state index contributed by atoms with van der Waals surface area (Å²) in [7, 11) is 0. The predicted molar refractivity (Wildman–Crippen MR) is 98.3 cm³/mol. The van der Waals surface area contributed by atoms with Crippen LogP contribution in [0.3, 0.4) is 0 Å². The molecule has 0 N–H and O–H groups in total. The molecule has 0 spiro atoms. The van der Waals surface area contributed by atoms with E-state index in [9.17, 15) is 28.1 Å². The van der Waals surface area contributed by atoms with Crippen LogP contribution in [0, 0.1) is 10.1 Å². The molecular weight excluding hydrogens is 389 g/mol. The number of halogens is 3. The van der Waals surface area contributed by atoms with E-state index >= 15 is 0 Å². The van der Waals surface area contributed by atoms with Crippen LogP contribution >= 0.6 is 0 Å². The number of nitro benzene ring substituents is 1. The van der Waals surface area contributed by atoms with Gasteiger partial charge in [0.1, 0.15) is 0 Å². The molecule has 154 valence electrons. The molecule has 0 aliphatic carbocycles. The zero-order chi connectivity index (χ0) is 21.0. The van der Waals surface area contributed by atoms with Crippen molar-refractivity contribution in [1.29, 1.82) is 0 Å². The summed E-state index contributed by atoms with van der Waals surface area (Å²) in [5.41, 5.74) is -0.0625. The van der Waals surface area contributed by atoms with Gasteiger partial charge in [0.15, 0.2) is 0 Å². The number of alkyl halides is 3. The van der Waals surface area contributed by atoms with E-state index in [1.807, 2.05) is 0 Å². The van der Waals surface area contributed by atoms with Gasteiger partial charge in [0.25, 0.3) is 11.6 Å². The van der Waals surface area contributed by atoms with Gasteiger partial charge in [0.2, 0.25) is 0 Å². The standard InChI is InChI=1S/C20H19F3N2O4/c21-20(22,23)16-4-1-3-14(11-16)13-29-18-5-2-10-24(12-18)19(26)15-6-8-17(9-7-15)25(27)28/h1,3-4,6-9,11,18H,2,5,10,12-13H2. The maximum absolute atomic E-state index is 12.8. The molecule has 29 heavy (non-hydrogen) atoms. The molecule has 1 amide bonds. The number of hydrogen-bond acceptors (Lipinski definition) is 4. The van der Waals surface area contributed by atoms with Crippen molar-refractivity contribution in [3.8, 4) is 0 Å². The summed E-state index contributed by atoms with van der Waals surface area (Å²) in [4.78, 5) is 24.4. The molecule has 0 aromatic heterocycles. The number of carbonyl (C=O) groups is 1. The SMILES string of the molecule is O=C(c1ccc([N+](=O)[O-])cc1)N1CCCC(OCc2cccc(C(F)(F)F)c2)C1. The maximum atomic E-state index is 12.8. The molecule has 1 saturated heterocycles. The first-order valence-electron chi connectivity index (χ1n) is 9.05.